The summed E-state index contributed by atoms with van der Waals surface area (Å²) in [6.45, 7) is 4.28. The molecule has 0 aliphatic carbocycles. The predicted octanol–water partition coefficient (Wildman–Crippen LogP) is 3.50. The van der Waals surface area contributed by atoms with E-state index >= 15 is 0 Å². The van der Waals surface area contributed by atoms with Gasteiger partial charge in [-0.15, -0.1) is 11.3 Å². The summed E-state index contributed by atoms with van der Waals surface area (Å²) in [5, 5.41) is 0. The molecular weight excluding hydrogens is 218 g/mol. The van der Waals surface area contributed by atoms with Gasteiger partial charge in [0.15, 0.2) is 0 Å². The molecule has 0 unspecified atom stereocenters. The largest absolute Gasteiger partial charge is 0.288 e. The monoisotopic (exact) mass is 231 g/mol. The third-order valence-electron chi connectivity index (χ3n) is 2.50. The van der Waals surface area contributed by atoms with Crippen LogP contribution in [0.5, 0.6) is 0 Å². The van der Waals surface area contributed by atoms with Crippen LogP contribution in [0.2, 0.25) is 0 Å². The Balaban J connectivity index is 2.25. The summed E-state index contributed by atoms with van der Waals surface area (Å²) in [6.07, 6.45) is 1.61. The van der Waals surface area contributed by atoms with E-state index in [4.69, 9.17) is 0 Å². The number of benzene rings is 1. The summed E-state index contributed by atoms with van der Waals surface area (Å²) in [4.78, 5) is 16.6. The average Bonchev–Trinajstić information content (AvgIpc) is 2.81. The Bertz CT molecular complexity index is 471. The number of rotatable bonds is 3. The fraction of sp³-hybridized carbons (Fsp3) is 0.231. The quantitative estimate of drug-likeness (QED) is 0.757. The van der Waals surface area contributed by atoms with Crippen LogP contribution in [0.25, 0.3) is 0 Å². The molecule has 0 saturated carbocycles. The van der Waals surface area contributed by atoms with Crippen LogP contribution < -0.4 is 0 Å². The second kappa shape index (κ2) is 4.58. The Morgan fingerprint density at radius 3 is 2.44 bits per heavy atom. The van der Waals surface area contributed by atoms with Gasteiger partial charge >= 0.3 is 0 Å². The van der Waals surface area contributed by atoms with Crippen LogP contribution in [0.1, 0.15) is 40.6 Å². The zero-order chi connectivity index (χ0) is 11.5. The van der Waals surface area contributed by atoms with Crippen molar-refractivity contribution in [3.05, 3.63) is 52.0 Å². The summed E-state index contributed by atoms with van der Waals surface area (Å²) in [7, 11) is 0. The third-order valence-corrected chi connectivity index (χ3v) is 3.27. The maximum Gasteiger partial charge on any atom is 0.204 e. The van der Waals surface area contributed by atoms with Crippen LogP contribution >= 0.6 is 11.3 Å². The molecule has 1 aromatic carbocycles. The number of ketones is 1. The van der Waals surface area contributed by atoms with E-state index in [0.29, 0.717) is 10.8 Å². The highest BCUT2D eigenvalue weighted by atomic mass is 32.1. The zero-order valence-corrected chi connectivity index (χ0v) is 10.1. The highest BCUT2D eigenvalue weighted by Gasteiger charge is 2.10. The molecule has 0 spiro atoms. The minimum atomic E-state index is 0.0535. The maximum atomic E-state index is 12.0. The zero-order valence-electron chi connectivity index (χ0n) is 9.31. The number of thiazole rings is 1. The van der Waals surface area contributed by atoms with Crippen LogP contribution in [0, 0.1) is 0 Å². The molecule has 1 heterocycles. The van der Waals surface area contributed by atoms with Crippen LogP contribution in [-0.4, -0.2) is 10.8 Å². The van der Waals surface area contributed by atoms with Crippen molar-refractivity contribution in [2.24, 2.45) is 0 Å². The van der Waals surface area contributed by atoms with Gasteiger partial charge in [-0.1, -0.05) is 38.1 Å². The first-order valence-corrected chi connectivity index (χ1v) is 6.09. The number of nitrogens with zero attached hydrogens (tertiary/aromatic N) is 1. The topological polar surface area (TPSA) is 30.0 Å². The van der Waals surface area contributed by atoms with E-state index in [2.05, 4.69) is 18.8 Å². The van der Waals surface area contributed by atoms with Gasteiger partial charge in [-0.2, -0.15) is 0 Å². The van der Waals surface area contributed by atoms with E-state index in [1.54, 1.807) is 11.7 Å². The lowest BCUT2D eigenvalue weighted by atomic mass is 10.0. The summed E-state index contributed by atoms with van der Waals surface area (Å²) in [5.41, 5.74) is 3.66. The Morgan fingerprint density at radius 2 is 1.94 bits per heavy atom. The van der Waals surface area contributed by atoms with Gasteiger partial charge < -0.3 is 0 Å². The fourth-order valence-corrected chi connectivity index (χ4v) is 2.07. The van der Waals surface area contributed by atoms with E-state index in [1.807, 2.05) is 24.3 Å². The molecule has 0 saturated heterocycles. The Kier molecular flexibility index (Phi) is 3.15. The molecule has 0 radical (unpaired) electrons. The summed E-state index contributed by atoms with van der Waals surface area (Å²) in [6, 6.07) is 7.80. The van der Waals surface area contributed by atoms with Gasteiger partial charge in [-0.3, -0.25) is 9.78 Å². The molecule has 0 amide bonds. The van der Waals surface area contributed by atoms with Gasteiger partial charge in [0, 0.05) is 11.8 Å². The minimum Gasteiger partial charge on any atom is -0.288 e. The normalized spacial score (nSPS) is 10.7. The van der Waals surface area contributed by atoms with E-state index in [0.717, 1.165) is 5.56 Å². The highest BCUT2D eigenvalue weighted by Crippen LogP contribution is 2.17. The molecule has 3 heteroatoms. The molecule has 2 nitrogen and oxygen atoms in total. The minimum absolute atomic E-state index is 0.0535. The van der Waals surface area contributed by atoms with Crippen molar-refractivity contribution in [1.29, 1.82) is 0 Å². The van der Waals surface area contributed by atoms with Gasteiger partial charge in [0.2, 0.25) is 5.78 Å². The number of carbonyl (C=O) groups excluding carboxylic acids is 1. The summed E-state index contributed by atoms with van der Waals surface area (Å²) < 4.78 is 0. The van der Waals surface area contributed by atoms with Crippen LogP contribution in [0.3, 0.4) is 0 Å². The lowest BCUT2D eigenvalue weighted by molar-refractivity contribution is 0.104. The molecule has 2 rings (SSSR count). The summed E-state index contributed by atoms with van der Waals surface area (Å²) >= 11 is 1.38. The first-order chi connectivity index (χ1) is 7.68. The Hall–Kier alpha value is -1.48. The van der Waals surface area contributed by atoms with Crippen molar-refractivity contribution in [3.63, 3.8) is 0 Å². The van der Waals surface area contributed by atoms with Crippen molar-refractivity contribution in [2.75, 3.05) is 0 Å². The first kappa shape index (κ1) is 11.0. The molecule has 82 valence electrons. The Morgan fingerprint density at radius 1 is 1.25 bits per heavy atom. The molecule has 0 aliphatic heterocycles. The number of carbonyl (C=O) groups is 1. The smallest absolute Gasteiger partial charge is 0.204 e. The molecule has 0 bridgehead atoms. The molecule has 0 atom stereocenters. The van der Waals surface area contributed by atoms with Crippen molar-refractivity contribution < 1.29 is 4.79 Å². The fourth-order valence-electron chi connectivity index (χ4n) is 1.49. The standard InChI is InChI=1S/C13H13NOS/c1-9(2)10-3-5-11(6-4-10)13(15)12-7-14-8-16-12/h3-9H,1-2H3. The second-order valence-electron chi connectivity index (χ2n) is 3.97. The third kappa shape index (κ3) is 2.19. The molecular formula is C13H13NOS. The first-order valence-electron chi connectivity index (χ1n) is 5.21. The van der Waals surface area contributed by atoms with Crippen molar-refractivity contribution >= 4 is 17.1 Å². The van der Waals surface area contributed by atoms with Gasteiger partial charge in [0.1, 0.15) is 0 Å². The van der Waals surface area contributed by atoms with E-state index in [-0.39, 0.29) is 5.78 Å². The van der Waals surface area contributed by atoms with Crippen LogP contribution in [0.4, 0.5) is 0 Å². The summed E-state index contributed by atoms with van der Waals surface area (Å²) in [5.74, 6) is 0.547. The van der Waals surface area contributed by atoms with Gasteiger partial charge in [-0.05, 0) is 11.5 Å². The molecule has 16 heavy (non-hydrogen) atoms. The van der Waals surface area contributed by atoms with Crippen molar-refractivity contribution in [2.45, 2.75) is 19.8 Å². The lowest BCUT2D eigenvalue weighted by Gasteiger charge is -2.05. The molecule has 1 aromatic heterocycles. The Labute approximate surface area is 99.0 Å². The van der Waals surface area contributed by atoms with E-state index in [1.165, 1.54) is 16.9 Å². The van der Waals surface area contributed by atoms with E-state index < -0.39 is 0 Å². The average molecular weight is 231 g/mol. The molecule has 0 fully saturated rings. The second-order valence-corrected chi connectivity index (χ2v) is 4.86. The van der Waals surface area contributed by atoms with Gasteiger partial charge in [-0.25, -0.2) is 0 Å². The van der Waals surface area contributed by atoms with Crippen LogP contribution in [0.15, 0.2) is 36.0 Å². The SMILES string of the molecule is CC(C)c1ccc(C(=O)c2cncs2)cc1. The van der Waals surface area contributed by atoms with Gasteiger partial charge in [0.25, 0.3) is 0 Å². The molecule has 0 aliphatic rings. The molecule has 0 N–H and O–H groups in total. The van der Waals surface area contributed by atoms with Gasteiger partial charge in [0.05, 0.1) is 10.4 Å². The predicted molar refractivity (Wildman–Crippen MR) is 66.1 cm³/mol. The van der Waals surface area contributed by atoms with Crippen molar-refractivity contribution in [3.8, 4) is 0 Å². The highest BCUT2D eigenvalue weighted by molar-refractivity contribution is 7.11. The van der Waals surface area contributed by atoms with Crippen molar-refractivity contribution in [1.82, 2.24) is 4.98 Å². The number of aromatic nitrogens is 1. The maximum absolute atomic E-state index is 12.0. The number of hydrogen-bond acceptors (Lipinski definition) is 3. The lowest BCUT2D eigenvalue weighted by Crippen LogP contribution is -1.99. The molecule has 2 aromatic rings. The van der Waals surface area contributed by atoms with Crippen LogP contribution in [-0.2, 0) is 0 Å². The number of hydrogen-bond donors (Lipinski definition) is 0. The van der Waals surface area contributed by atoms with E-state index in [9.17, 15) is 4.79 Å².